The van der Waals surface area contributed by atoms with Crippen molar-refractivity contribution < 1.29 is 4.79 Å². The first-order valence-corrected chi connectivity index (χ1v) is 7.52. The number of nitrogens with one attached hydrogen (secondary N) is 1. The number of benzene rings is 2. The van der Waals surface area contributed by atoms with E-state index in [-0.39, 0.29) is 11.7 Å². The Bertz CT molecular complexity index is 864. The van der Waals surface area contributed by atoms with Crippen LogP contribution < -0.4 is 11.1 Å². The number of nitrogens with two attached hydrogens (primary N) is 1. The number of ketones is 1. The Morgan fingerprint density at radius 1 is 1.04 bits per heavy atom. The number of nitrogens with zero attached hydrogens (tertiary/aromatic N) is 3. The van der Waals surface area contributed by atoms with Crippen LogP contribution in [0.2, 0.25) is 0 Å². The van der Waals surface area contributed by atoms with E-state index in [2.05, 4.69) is 20.3 Å². The highest BCUT2D eigenvalue weighted by atomic mass is 16.1. The molecule has 0 spiro atoms. The average Bonchev–Trinajstić information content (AvgIpc) is 2.60. The van der Waals surface area contributed by atoms with Crippen molar-refractivity contribution in [3.05, 3.63) is 65.7 Å². The van der Waals surface area contributed by atoms with Crippen LogP contribution in [0.4, 0.5) is 11.9 Å². The maximum Gasteiger partial charge on any atom is 0.228 e. The van der Waals surface area contributed by atoms with Crippen molar-refractivity contribution in [2.24, 2.45) is 0 Å². The Kier molecular flexibility index (Phi) is 4.47. The molecule has 0 fully saturated rings. The maximum atomic E-state index is 11.5. The van der Waals surface area contributed by atoms with Crippen LogP contribution in [0.5, 0.6) is 0 Å². The Hall–Kier alpha value is -3.28. The predicted octanol–water partition coefficient (Wildman–Crippen LogP) is 2.94. The van der Waals surface area contributed by atoms with Crippen LogP contribution in [-0.4, -0.2) is 20.7 Å². The summed E-state index contributed by atoms with van der Waals surface area (Å²) in [5.41, 5.74) is 8.23. The molecule has 0 atom stereocenters. The normalized spacial score (nSPS) is 10.4. The van der Waals surface area contributed by atoms with Gasteiger partial charge >= 0.3 is 0 Å². The highest BCUT2D eigenvalue weighted by molar-refractivity contribution is 5.95. The quantitative estimate of drug-likeness (QED) is 0.702. The predicted molar refractivity (Wildman–Crippen MR) is 93.4 cm³/mol. The zero-order chi connectivity index (χ0) is 16.9. The molecule has 0 aliphatic carbocycles. The van der Waals surface area contributed by atoms with Crippen molar-refractivity contribution in [2.45, 2.75) is 13.5 Å². The molecular weight excluding hydrogens is 302 g/mol. The standard InChI is InChI=1S/C18H17N5O/c1-12(24)14-8-5-9-15(10-14)16-21-17(19)23-18(22-16)20-11-13-6-3-2-4-7-13/h2-10H,11H2,1H3,(H3,19,20,21,22,23). The van der Waals surface area contributed by atoms with Crippen LogP contribution in [0.25, 0.3) is 11.4 Å². The molecule has 6 nitrogen and oxygen atoms in total. The third kappa shape index (κ3) is 3.73. The van der Waals surface area contributed by atoms with E-state index in [0.29, 0.717) is 23.9 Å². The molecule has 3 aromatic rings. The molecule has 0 bridgehead atoms. The van der Waals surface area contributed by atoms with Gasteiger partial charge in [0.2, 0.25) is 11.9 Å². The molecular formula is C18H17N5O. The molecule has 0 saturated carbocycles. The number of nitrogen functional groups attached to an aromatic ring is 1. The number of carbonyl (C=O) groups is 1. The van der Waals surface area contributed by atoms with E-state index in [0.717, 1.165) is 11.1 Å². The fourth-order valence-electron chi connectivity index (χ4n) is 2.25. The van der Waals surface area contributed by atoms with E-state index in [1.807, 2.05) is 36.4 Å². The second kappa shape index (κ2) is 6.87. The molecule has 0 aliphatic heterocycles. The lowest BCUT2D eigenvalue weighted by Gasteiger charge is -2.08. The van der Waals surface area contributed by atoms with E-state index in [4.69, 9.17) is 5.73 Å². The van der Waals surface area contributed by atoms with Gasteiger partial charge in [-0.25, -0.2) is 0 Å². The van der Waals surface area contributed by atoms with Gasteiger partial charge < -0.3 is 11.1 Å². The van der Waals surface area contributed by atoms with Crippen molar-refractivity contribution in [1.29, 1.82) is 0 Å². The van der Waals surface area contributed by atoms with Gasteiger partial charge in [0.25, 0.3) is 0 Å². The number of Topliss-reactive ketones (excluding diaryl/α,β-unsaturated/α-hetero) is 1. The zero-order valence-corrected chi connectivity index (χ0v) is 13.2. The molecule has 0 amide bonds. The first-order valence-electron chi connectivity index (χ1n) is 7.52. The van der Waals surface area contributed by atoms with Crippen LogP contribution in [-0.2, 0) is 6.54 Å². The molecule has 24 heavy (non-hydrogen) atoms. The first-order chi connectivity index (χ1) is 11.6. The molecule has 0 unspecified atom stereocenters. The molecule has 2 aromatic carbocycles. The smallest absolute Gasteiger partial charge is 0.228 e. The number of rotatable bonds is 5. The Morgan fingerprint density at radius 2 is 1.83 bits per heavy atom. The maximum absolute atomic E-state index is 11.5. The van der Waals surface area contributed by atoms with E-state index < -0.39 is 0 Å². The highest BCUT2D eigenvalue weighted by Gasteiger charge is 2.09. The number of anilines is 2. The van der Waals surface area contributed by atoms with Gasteiger partial charge in [-0.2, -0.15) is 15.0 Å². The van der Waals surface area contributed by atoms with Gasteiger partial charge in [0.15, 0.2) is 11.6 Å². The summed E-state index contributed by atoms with van der Waals surface area (Å²) >= 11 is 0. The Morgan fingerprint density at radius 3 is 2.58 bits per heavy atom. The van der Waals surface area contributed by atoms with Gasteiger partial charge in [0.05, 0.1) is 0 Å². The summed E-state index contributed by atoms with van der Waals surface area (Å²) in [5, 5.41) is 3.14. The molecule has 120 valence electrons. The van der Waals surface area contributed by atoms with Crippen LogP contribution in [0.15, 0.2) is 54.6 Å². The van der Waals surface area contributed by atoms with E-state index in [1.54, 1.807) is 18.2 Å². The van der Waals surface area contributed by atoms with Gasteiger partial charge in [0, 0.05) is 17.7 Å². The Labute approximate surface area is 139 Å². The Balaban J connectivity index is 1.86. The van der Waals surface area contributed by atoms with Gasteiger partial charge in [-0.05, 0) is 18.6 Å². The fourth-order valence-corrected chi connectivity index (χ4v) is 2.25. The largest absolute Gasteiger partial charge is 0.368 e. The van der Waals surface area contributed by atoms with Gasteiger partial charge in [-0.15, -0.1) is 0 Å². The van der Waals surface area contributed by atoms with Crippen LogP contribution in [0.1, 0.15) is 22.8 Å². The van der Waals surface area contributed by atoms with Crippen LogP contribution >= 0.6 is 0 Å². The van der Waals surface area contributed by atoms with Crippen molar-refractivity contribution >= 4 is 17.7 Å². The third-order valence-electron chi connectivity index (χ3n) is 3.47. The fraction of sp³-hybridized carbons (Fsp3) is 0.111. The van der Waals surface area contributed by atoms with E-state index in [1.165, 1.54) is 6.92 Å². The molecule has 0 aliphatic rings. The molecule has 1 heterocycles. The van der Waals surface area contributed by atoms with Gasteiger partial charge in [-0.1, -0.05) is 48.5 Å². The monoisotopic (exact) mass is 319 g/mol. The summed E-state index contributed by atoms with van der Waals surface area (Å²) in [6, 6.07) is 17.1. The molecule has 1 aromatic heterocycles. The number of hydrogen-bond acceptors (Lipinski definition) is 6. The second-order valence-electron chi connectivity index (χ2n) is 5.32. The second-order valence-corrected chi connectivity index (χ2v) is 5.32. The topological polar surface area (TPSA) is 93.8 Å². The summed E-state index contributed by atoms with van der Waals surface area (Å²) in [7, 11) is 0. The number of hydrogen-bond donors (Lipinski definition) is 2. The third-order valence-corrected chi connectivity index (χ3v) is 3.47. The minimum absolute atomic E-state index is 0.0127. The first kappa shape index (κ1) is 15.6. The highest BCUT2D eigenvalue weighted by Crippen LogP contribution is 2.19. The summed E-state index contributed by atoms with van der Waals surface area (Å²) in [6.07, 6.45) is 0. The lowest BCUT2D eigenvalue weighted by molar-refractivity contribution is 0.101. The number of aromatic nitrogens is 3. The van der Waals surface area contributed by atoms with Crippen molar-refractivity contribution in [3.8, 4) is 11.4 Å². The molecule has 3 rings (SSSR count). The van der Waals surface area contributed by atoms with E-state index >= 15 is 0 Å². The number of carbonyl (C=O) groups excluding carboxylic acids is 1. The lowest BCUT2D eigenvalue weighted by atomic mass is 10.1. The summed E-state index contributed by atoms with van der Waals surface area (Å²) in [4.78, 5) is 24.2. The summed E-state index contributed by atoms with van der Waals surface area (Å²) in [6.45, 7) is 2.10. The van der Waals surface area contributed by atoms with Crippen molar-refractivity contribution in [2.75, 3.05) is 11.1 Å². The van der Waals surface area contributed by atoms with Crippen LogP contribution in [0, 0.1) is 0 Å². The van der Waals surface area contributed by atoms with E-state index in [9.17, 15) is 4.79 Å². The summed E-state index contributed by atoms with van der Waals surface area (Å²) in [5.74, 6) is 0.945. The molecule has 0 radical (unpaired) electrons. The zero-order valence-electron chi connectivity index (χ0n) is 13.2. The minimum Gasteiger partial charge on any atom is -0.368 e. The van der Waals surface area contributed by atoms with Crippen molar-refractivity contribution in [1.82, 2.24) is 15.0 Å². The molecule has 0 saturated heterocycles. The minimum atomic E-state index is -0.0127. The average molecular weight is 319 g/mol. The summed E-state index contributed by atoms with van der Waals surface area (Å²) < 4.78 is 0. The van der Waals surface area contributed by atoms with Gasteiger partial charge in [0.1, 0.15) is 0 Å². The molecule has 6 heteroatoms. The van der Waals surface area contributed by atoms with Crippen LogP contribution in [0.3, 0.4) is 0 Å². The lowest BCUT2D eigenvalue weighted by Crippen LogP contribution is -2.08. The molecule has 3 N–H and O–H groups in total. The van der Waals surface area contributed by atoms with Crippen molar-refractivity contribution in [3.63, 3.8) is 0 Å². The van der Waals surface area contributed by atoms with Gasteiger partial charge in [-0.3, -0.25) is 4.79 Å². The SMILES string of the molecule is CC(=O)c1cccc(-c2nc(N)nc(NCc3ccccc3)n2)c1.